The average molecular weight is 411 g/mol. The molecule has 2 aromatic rings. The van der Waals surface area contributed by atoms with Crippen molar-refractivity contribution in [2.75, 3.05) is 18.1 Å². The molecular formula is C18H22N2O5S2. The van der Waals surface area contributed by atoms with Crippen LogP contribution in [0.5, 0.6) is 0 Å². The van der Waals surface area contributed by atoms with E-state index >= 15 is 0 Å². The molecule has 0 aromatic carbocycles. The molecule has 0 radical (unpaired) electrons. The van der Waals surface area contributed by atoms with Crippen LogP contribution in [0.4, 0.5) is 0 Å². The van der Waals surface area contributed by atoms with Gasteiger partial charge in [0.25, 0.3) is 5.91 Å². The smallest absolute Gasteiger partial charge is 0.340 e. The van der Waals surface area contributed by atoms with E-state index in [1.165, 1.54) is 4.88 Å². The molecule has 1 aliphatic rings. The van der Waals surface area contributed by atoms with Crippen LogP contribution in [0.3, 0.4) is 0 Å². The molecule has 27 heavy (non-hydrogen) atoms. The lowest BCUT2D eigenvalue weighted by molar-refractivity contribution is -0.124. The van der Waals surface area contributed by atoms with Crippen molar-refractivity contribution in [1.29, 1.82) is 0 Å². The summed E-state index contributed by atoms with van der Waals surface area (Å²) in [5.74, 6) is -1.03. The van der Waals surface area contributed by atoms with Gasteiger partial charge in [-0.05, 0) is 37.8 Å². The second-order valence-electron chi connectivity index (χ2n) is 6.69. The maximum absolute atomic E-state index is 12.4. The topological polar surface area (TPSA) is 94.5 Å². The van der Waals surface area contributed by atoms with E-state index in [0.29, 0.717) is 18.5 Å². The number of carbonyl (C=O) groups excluding carboxylic acids is 2. The highest BCUT2D eigenvalue weighted by molar-refractivity contribution is 7.91. The molecule has 1 saturated heterocycles. The Hall–Kier alpha value is -2.13. The molecule has 2 aromatic heterocycles. The summed E-state index contributed by atoms with van der Waals surface area (Å²) in [7, 11) is -3.07. The minimum absolute atomic E-state index is 0.0590. The second-order valence-corrected chi connectivity index (χ2v) is 9.95. The van der Waals surface area contributed by atoms with Crippen molar-refractivity contribution in [2.24, 2.45) is 0 Å². The van der Waals surface area contributed by atoms with Crippen molar-refractivity contribution in [3.05, 3.63) is 45.4 Å². The number of esters is 1. The summed E-state index contributed by atoms with van der Waals surface area (Å²) in [6, 6.07) is 5.37. The van der Waals surface area contributed by atoms with E-state index in [9.17, 15) is 18.0 Å². The normalized spacial score (nSPS) is 18.4. The highest BCUT2D eigenvalue weighted by Crippen LogP contribution is 2.20. The van der Waals surface area contributed by atoms with E-state index in [1.807, 2.05) is 35.9 Å². The van der Waals surface area contributed by atoms with Crippen LogP contribution < -0.4 is 5.32 Å². The Morgan fingerprint density at radius 1 is 1.37 bits per heavy atom. The molecule has 9 heteroatoms. The van der Waals surface area contributed by atoms with Crippen LogP contribution in [0.15, 0.2) is 23.6 Å². The number of hydrogen-bond acceptors (Lipinski definition) is 6. The molecule has 1 atom stereocenters. The number of nitrogens with zero attached hydrogens (tertiary/aromatic N) is 1. The summed E-state index contributed by atoms with van der Waals surface area (Å²) in [4.78, 5) is 25.5. The summed E-state index contributed by atoms with van der Waals surface area (Å²) in [5.41, 5.74) is 2.15. The number of sulfone groups is 1. The standard InChI is InChI=1S/C18H22N2O5S2/c1-12-8-16(13(2)20(12)9-15-4-3-6-26-15)18(22)25-10-17(21)19-14-5-7-27(23,24)11-14/h3-4,6,8,14H,5,7,9-11H2,1-2H3,(H,19,21)/t14-/m1/s1. The Morgan fingerprint density at radius 3 is 2.78 bits per heavy atom. The van der Waals surface area contributed by atoms with Gasteiger partial charge in [-0.1, -0.05) is 6.07 Å². The van der Waals surface area contributed by atoms with Crippen molar-refractivity contribution >= 4 is 33.1 Å². The van der Waals surface area contributed by atoms with Crippen LogP contribution in [-0.2, 0) is 25.9 Å². The van der Waals surface area contributed by atoms with E-state index in [2.05, 4.69) is 5.32 Å². The van der Waals surface area contributed by atoms with Gasteiger partial charge in [0, 0.05) is 22.3 Å². The molecular weight excluding hydrogens is 388 g/mol. The fourth-order valence-corrected chi connectivity index (χ4v) is 5.56. The number of aromatic nitrogens is 1. The Morgan fingerprint density at radius 2 is 2.15 bits per heavy atom. The van der Waals surface area contributed by atoms with Crippen molar-refractivity contribution in [1.82, 2.24) is 9.88 Å². The van der Waals surface area contributed by atoms with Gasteiger partial charge in [0.1, 0.15) is 0 Å². The molecule has 0 saturated carbocycles. The van der Waals surface area contributed by atoms with Crippen LogP contribution in [0.2, 0.25) is 0 Å². The number of thiophene rings is 1. The summed E-state index contributed by atoms with van der Waals surface area (Å²) < 4.78 is 30.0. The zero-order valence-electron chi connectivity index (χ0n) is 15.2. The van der Waals surface area contributed by atoms with Crippen LogP contribution in [0, 0.1) is 13.8 Å². The first-order chi connectivity index (χ1) is 12.7. The third-order valence-corrected chi connectivity index (χ3v) is 7.25. The molecule has 1 fully saturated rings. The Labute approximate surface area is 162 Å². The van der Waals surface area contributed by atoms with Gasteiger partial charge in [-0.3, -0.25) is 4.79 Å². The van der Waals surface area contributed by atoms with Crippen LogP contribution in [0.1, 0.15) is 33.0 Å². The summed E-state index contributed by atoms with van der Waals surface area (Å²) >= 11 is 1.65. The van der Waals surface area contributed by atoms with Crippen LogP contribution in [-0.4, -0.2) is 49.0 Å². The van der Waals surface area contributed by atoms with Gasteiger partial charge >= 0.3 is 5.97 Å². The van der Waals surface area contributed by atoms with Gasteiger partial charge < -0.3 is 14.6 Å². The maximum atomic E-state index is 12.4. The molecule has 7 nitrogen and oxygen atoms in total. The fraction of sp³-hybridized carbons (Fsp3) is 0.444. The van der Waals surface area contributed by atoms with Gasteiger partial charge in [0.05, 0.1) is 23.6 Å². The van der Waals surface area contributed by atoms with E-state index in [0.717, 1.165) is 11.4 Å². The largest absolute Gasteiger partial charge is 0.452 e. The summed E-state index contributed by atoms with van der Waals surface area (Å²) in [6.45, 7) is 4.02. The molecule has 0 bridgehead atoms. The summed E-state index contributed by atoms with van der Waals surface area (Å²) in [6.07, 6.45) is 0.395. The minimum atomic E-state index is -3.07. The molecule has 3 heterocycles. The first-order valence-corrected chi connectivity index (χ1v) is 11.3. The van der Waals surface area contributed by atoms with Crippen molar-refractivity contribution < 1.29 is 22.7 Å². The van der Waals surface area contributed by atoms with E-state index in [4.69, 9.17) is 4.74 Å². The summed E-state index contributed by atoms with van der Waals surface area (Å²) in [5, 5.41) is 4.61. The Kier molecular flexibility index (Phi) is 5.71. The molecule has 0 aliphatic carbocycles. The van der Waals surface area contributed by atoms with Gasteiger partial charge in [-0.25, -0.2) is 13.2 Å². The quantitative estimate of drug-likeness (QED) is 0.731. The first kappa shape index (κ1) is 19.6. The lowest BCUT2D eigenvalue weighted by atomic mass is 10.2. The van der Waals surface area contributed by atoms with Gasteiger partial charge in [0.2, 0.25) is 0 Å². The molecule has 146 valence electrons. The van der Waals surface area contributed by atoms with Gasteiger partial charge in [-0.2, -0.15) is 0 Å². The zero-order chi connectivity index (χ0) is 19.6. The number of ether oxygens (including phenoxy) is 1. The number of amides is 1. The molecule has 1 N–H and O–H groups in total. The highest BCUT2D eigenvalue weighted by atomic mass is 32.2. The molecule has 1 aliphatic heterocycles. The lowest BCUT2D eigenvalue weighted by Crippen LogP contribution is -2.38. The van der Waals surface area contributed by atoms with E-state index in [1.54, 1.807) is 17.4 Å². The van der Waals surface area contributed by atoms with Crippen molar-refractivity contribution in [2.45, 2.75) is 32.9 Å². The predicted molar refractivity (Wildman–Crippen MR) is 103 cm³/mol. The van der Waals surface area contributed by atoms with E-state index in [-0.39, 0.29) is 11.5 Å². The number of carbonyl (C=O) groups is 2. The Balaban J connectivity index is 1.57. The number of rotatable bonds is 6. The zero-order valence-corrected chi connectivity index (χ0v) is 16.9. The predicted octanol–water partition coefficient (Wildman–Crippen LogP) is 1.67. The van der Waals surface area contributed by atoms with Crippen LogP contribution >= 0.6 is 11.3 Å². The molecule has 3 rings (SSSR count). The van der Waals surface area contributed by atoms with E-state index < -0.39 is 34.4 Å². The first-order valence-electron chi connectivity index (χ1n) is 8.61. The maximum Gasteiger partial charge on any atom is 0.340 e. The highest BCUT2D eigenvalue weighted by Gasteiger charge is 2.29. The lowest BCUT2D eigenvalue weighted by Gasteiger charge is -2.11. The van der Waals surface area contributed by atoms with Gasteiger partial charge in [0.15, 0.2) is 16.4 Å². The number of hydrogen-bond donors (Lipinski definition) is 1. The minimum Gasteiger partial charge on any atom is -0.452 e. The van der Waals surface area contributed by atoms with Gasteiger partial charge in [-0.15, -0.1) is 11.3 Å². The average Bonchev–Trinajstić information content (AvgIpc) is 3.29. The second kappa shape index (κ2) is 7.85. The number of nitrogens with one attached hydrogen (secondary N) is 1. The molecule has 0 spiro atoms. The fourth-order valence-electron chi connectivity index (χ4n) is 3.20. The Bertz CT molecular complexity index is 945. The number of aryl methyl sites for hydroxylation is 1. The third-order valence-electron chi connectivity index (χ3n) is 4.62. The monoisotopic (exact) mass is 410 g/mol. The van der Waals surface area contributed by atoms with Crippen LogP contribution in [0.25, 0.3) is 0 Å². The van der Waals surface area contributed by atoms with Crippen molar-refractivity contribution in [3.8, 4) is 0 Å². The molecule has 1 amide bonds. The van der Waals surface area contributed by atoms with Crippen molar-refractivity contribution in [3.63, 3.8) is 0 Å². The molecule has 0 unspecified atom stereocenters. The third kappa shape index (κ3) is 4.78. The SMILES string of the molecule is Cc1cc(C(=O)OCC(=O)N[C@@H]2CCS(=O)(=O)C2)c(C)n1Cc1cccs1.